The minimum absolute atomic E-state index is 0.504. The van der Waals surface area contributed by atoms with Crippen molar-refractivity contribution in [1.82, 2.24) is 29.7 Å². The lowest BCUT2D eigenvalue weighted by molar-refractivity contribution is 0.148. The van der Waals surface area contributed by atoms with Gasteiger partial charge in [0, 0.05) is 86.2 Å². The van der Waals surface area contributed by atoms with Crippen molar-refractivity contribution in [1.29, 1.82) is 0 Å². The maximum Gasteiger partial charge on any atom is 0.161 e. The molecule has 7 heteroatoms. The number of fused-ring (bicyclic) bond motifs is 1. The molecule has 4 aromatic rings. The van der Waals surface area contributed by atoms with Crippen LogP contribution in [0, 0.1) is 6.92 Å². The highest BCUT2D eigenvalue weighted by molar-refractivity contribution is 5.95. The van der Waals surface area contributed by atoms with E-state index >= 15 is 0 Å². The van der Waals surface area contributed by atoms with Crippen molar-refractivity contribution in [3.63, 3.8) is 0 Å². The second-order valence-corrected chi connectivity index (χ2v) is 8.87. The first kappa shape index (κ1) is 21.7. The van der Waals surface area contributed by atoms with Crippen molar-refractivity contribution in [3.05, 3.63) is 65.7 Å². The number of benzene rings is 1. The number of ether oxygens (including phenoxy) is 1. The zero-order chi connectivity index (χ0) is 22.8. The molecule has 1 fully saturated rings. The van der Waals surface area contributed by atoms with E-state index in [4.69, 9.17) is 9.72 Å². The van der Waals surface area contributed by atoms with Gasteiger partial charge in [-0.15, -0.1) is 0 Å². The van der Waals surface area contributed by atoms with Crippen molar-refractivity contribution in [3.8, 4) is 22.5 Å². The Balaban J connectivity index is 1.40. The minimum atomic E-state index is 0.504. The number of aromatic amines is 1. The molecule has 0 amide bonds. The molecule has 7 nitrogen and oxygen atoms in total. The standard InChI is InChI=1S/C26H30N6O/c1-18-24(26-27-13-20(14-28-26)17-33-3)23-12-22(15-29-25(23)30-18)21-6-4-19(5-7-21)16-32-10-8-31(2)9-11-32/h4-7,12-15H,8-11,16-17H2,1-3H3,(H,29,30). The van der Waals surface area contributed by atoms with Crippen LogP contribution in [0.2, 0.25) is 0 Å². The zero-order valence-corrected chi connectivity index (χ0v) is 19.5. The van der Waals surface area contributed by atoms with E-state index in [0.717, 1.165) is 71.7 Å². The summed E-state index contributed by atoms with van der Waals surface area (Å²) in [6.45, 7) is 8.08. The van der Waals surface area contributed by atoms with Crippen molar-refractivity contribution >= 4 is 11.0 Å². The number of H-pyrrole nitrogens is 1. The molecule has 0 unspecified atom stereocenters. The largest absolute Gasteiger partial charge is 0.380 e. The van der Waals surface area contributed by atoms with E-state index < -0.39 is 0 Å². The molecule has 0 radical (unpaired) electrons. The molecule has 0 spiro atoms. The van der Waals surface area contributed by atoms with Gasteiger partial charge in [0.1, 0.15) is 5.65 Å². The molecule has 0 atom stereocenters. The van der Waals surface area contributed by atoms with Crippen molar-refractivity contribution < 1.29 is 4.74 Å². The highest BCUT2D eigenvalue weighted by Gasteiger charge is 2.16. The van der Waals surface area contributed by atoms with Gasteiger partial charge < -0.3 is 14.6 Å². The number of methoxy groups -OCH3 is 1. The quantitative estimate of drug-likeness (QED) is 0.489. The van der Waals surface area contributed by atoms with Crippen LogP contribution in [0.4, 0.5) is 0 Å². The maximum absolute atomic E-state index is 5.17. The van der Waals surface area contributed by atoms with Crippen molar-refractivity contribution in [2.24, 2.45) is 0 Å². The third kappa shape index (κ3) is 4.66. The minimum Gasteiger partial charge on any atom is -0.380 e. The average Bonchev–Trinajstić information content (AvgIpc) is 3.17. The van der Waals surface area contributed by atoms with Crippen LogP contribution >= 0.6 is 0 Å². The van der Waals surface area contributed by atoms with Crippen LogP contribution in [0.1, 0.15) is 16.8 Å². The highest BCUT2D eigenvalue weighted by Crippen LogP contribution is 2.32. The van der Waals surface area contributed by atoms with E-state index in [0.29, 0.717) is 12.4 Å². The summed E-state index contributed by atoms with van der Waals surface area (Å²) in [7, 11) is 3.86. The molecule has 1 aliphatic rings. The van der Waals surface area contributed by atoms with E-state index in [-0.39, 0.29) is 0 Å². The summed E-state index contributed by atoms with van der Waals surface area (Å²) >= 11 is 0. The van der Waals surface area contributed by atoms with Gasteiger partial charge in [-0.3, -0.25) is 4.90 Å². The summed E-state index contributed by atoms with van der Waals surface area (Å²) in [6, 6.07) is 11.0. The second-order valence-electron chi connectivity index (χ2n) is 8.87. The zero-order valence-electron chi connectivity index (χ0n) is 19.5. The Morgan fingerprint density at radius 3 is 2.33 bits per heavy atom. The summed E-state index contributed by atoms with van der Waals surface area (Å²) in [5, 5.41) is 1.03. The fraction of sp³-hybridized carbons (Fsp3) is 0.346. The number of nitrogens with zero attached hydrogens (tertiary/aromatic N) is 5. The van der Waals surface area contributed by atoms with Crippen LogP contribution in [-0.4, -0.2) is 70.1 Å². The topological polar surface area (TPSA) is 70.2 Å². The van der Waals surface area contributed by atoms with E-state index in [1.165, 1.54) is 5.56 Å². The number of aryl methyl sites for hydroxylation is 1. The van der Waals surface area contributed by atoms with Crippen LogP contribution < -0.4 is 0 Å². The maximum atomic E-state index is 5.17. The molecule has 33 heavy (non-hydrogen) atoms. The summed E-state index contributed by atoms with van der Waals surface area (Å²) in [5.41, 5.74) is 7.40. The van der Waals surface area contributed by atoms with Gasteiger partial charge in [-0.05, 0) is 31.2 Å². The van der Waals surface area contributed by atoms with E-state index in [1.807, 2.05) is 25.5 Å². The predicted octanol–water partition coefficient (Wildman–Crippen LogP) is 3.89. The third-order valence-electron chi connectivity index (χ3n) is 6.37. The Labute approximate surface area is 194 Å². The Bertz CT molecular complexity index is 1220. The first-order valence-corrected chi connectivity index (χ1v) is 11.4. The molecule has 1 saturated heterocycles. The van der Waals surface area contributed by atoms with Gasteiger partial charge in [0.05, 0.1) is 6.61 Å². The smallest absolute Gasteiger partial charge is 0.161 e. The monoisotopic (exact) mass is 442 g/mol. The number of hydrogen-bond acceptors (Lipinski definition) is 6. The lowest BCUT2D eigenvalue weighted by Crippen LogP contribution is -2.43. The first-order chi connectivity index (χ1) is 16.1. The number of pyridine rings is 1. The first-order valence-electron chi connectivity index (χ1n) is 11.4. The van der Waals surface area contributed by atoms with E-state index in [1.54, 1.807) is 7.11 Å². The molecular formula is C26H30N6O. The molecule has 1 aliphatic heterocycles. The van der Waals surface area contributed by atoms with Crippen LogP contribution in [0.25, 0.3) is 33.5 Å². The average molecular weight is 443 g/mol. The molecule has 1 N–H and O–H groups in total. The molecule has 0 saturated carbocycles. The number of piperazine rings is 1. The Morgan fingerprint density at radius 1 is 0.909 bits per heavy atom. The third-order valence-corrected chi connectivity index (χ3v) is 6.37. The fourth-order valence-electron chi connectivity index (χ4n) is 4.43. The fourth-order valence-corrected chi connectivity index (χ4v) is 4.43. The van der Waals surface area contributed by atoms with Gasteiger partial charge in [-0.25, -0.2) is 15.0 Å². The summed E-state index contributed by atoms with van der Waals surface area (Å²) in [4.78, 5) is 22.1. The Kier molecular flexibility index (Phi) is 6.17. The number of aromatic nitrogens is 4. The molecule has 1 aromatic carbocycles. The van der Waals surface area contributed by atoms with Crippen LogP contribution in [0.5, 0.6) is 0 Å². The van der Waals surface area contributed by atoms with Gasteiger partial charge in [0.15, 0.2) is 5.82 Å². The van der Waals surface area contributed by atoms with Gasteiger partial charge in [0.2, 0.25) is 0 Å². The predicted molar refractivity (Wildman–Crippen MR) is 131 cm³/mol. The molecular weight excluding hydrogens is 412 g/mol. The second kappa shape index (κ2) is 9.39. The molecule has 3 aromatic heterocycles. The molecule has 0 aliphatic carbocycles. The molecule has 170 valence electrons. The van der Waals surface area contributed by atoms with Crippen molar-refractivity contribution in [2.75, 3.05) is 40.3 Å². The van der Waals surface area contributed by atoms with Gasteiger partial charge in [0.25, 0.3) is 0 Å². The van der Waals surface area contributed by atoms with Crippen molar-refractivity contribution in [2.45, 2.75) is 20.1 Å². The normalized spacial score (nSPS) is 15.4. The van der Waals surface area contributed by atoms with Crippen LogP contribution in [0.3, 0.4) is 0 Å². The van der Waals surface area contributed by atoms with Gasteiger partial charge >= 0.3 is 0 Å². The number of rotatable bonds is 6. The Morgan fingerprint density at radius 2 is 1.64 bits per heavy atom. The van der Waals surface area contributed by atoms with E-state index in [2.05, 4.69) is 62.1 Å². The summed E-state index contributed by atoms with van der Waals surface area (Å²) in [6.07, 6.45) is 5.57. The number of hydrogen-bond donors (Lipinski definition) is 1. The summed E-state index contributed by atoms with van der Waals surface area (Å²) in [5.74, 6) is 0.695. The molecule has 4 heterocycles. The number of likely N-dealkylation sites (N-methyl/N-ethyl adjacent to an activating group) is 1. The SMILES string of the molecule is COCc1cnc(-c2c(C)[nH]c3ncc(-c4ccc(CN5CCN(C)CC5)cc4)cc23)nc1. The molecule has 0 bridgehead atoms. The lowest BCUT2D eigenvalue weighted by Gasteiger charge is -2.32. The Hall–Kier alpha value is -3.13. The lowest BCUT2D eigenvalue weighted by atomic mass is 10.0. The summed E-state index contributed by atoms with van der Waals surface area (Å²) < 4.78 is 5.17. The van der Waals surface area contributed by atoms with Crippen LogP contribution in [0.15, 0.2) is 48.9 Å². The van der Waals surface area contributed by atoms with Gasteiger partial charge in [-0.2, -0.15) is 0 Å². The van der Waals surface area contributed by atoms with Crippen LogP contribution in [-0.2, 0) is 17.9 Å². The highest BCUT2D eigenvalue weighted by atomic mass is 16.5. The van der Waals surface area contributed by atoms with Gasteiger partial charge in [-0.1, -0.05) is 24.3 Å². The molecule has 5 rings (SSSR count). The van der Waals surface area contributed by atoms with E-state index in [9.17, 15) is 0 Å². The number of nitrogens with one attached hydrogen (secondary N) is 1.